The highest BCUT2D eigenvalue weighted by atomic mass is 35.5. The third-order valence-corrected chi connectivity index (χ3v) is 3.24. The van der Waals surface area contributed by atoms with E-state index in [2.05, 4.69) is 16.9 Å². The largest absolute Gasteiger partial charge is 0.252 e. The summed E-state index contributed by atoms with van der Waals surface area (Å²) in [5.74, 6) is 0. The molecule has 4 heteroatoms. The highest BCUT2D eigenvalue weighted by Crippen LogP contribution is 2.24. The van der Waals surface area contributed by atoms with Crippen molar-refractivity contribution in [3.63, 3.8) is 0 Å². The van der Waals surface area contributed by atoms with E-state index in [1.54, 1.807) is 17.5 Å². The number of rotatable bonds is 2. The second-order valence-corrected chi connectivity index (χ2v) is 4.40. The van der Waals surface area contributed by atoms with Gasteiger partial charge in [-0.2, -0.15) is 0 Å². The van der Waals surface area contributed by atoms with E-state index in [0.717, 1.165) is 17.1 Å². The minimum absolute atomic E-state index is 0.654. The van der Waals surface area contributed by atoms with Crippen LogP contribution in [-0.2, 0) is 6.42 Å². The molecule has 0 unspecified atom stereocenters. The molecule has 0 amide bonds. The second kappa shape index (κ2) is 4.07. The van der Waals surface area contributed by atoms with Crippen LogP contribution in [0.3, 0.4) is 0 Å². The Morgan fingerprint density at radius 3 is 2.71 bits per heavy atom. The molecule has 2 aromatic rings. The maximum Gasteiger partial charge on any atom is 0.142 e. The first kappa shape index (κ1) is 9.62. The molecule has 0 N–H and O–H groups in total. The second-order valence-electron chi connectivity index (χ2n) is 2.85. The van der Waals surface area contributed by atoms with Gasteiger partial charge in [0.2, 0.25) is 0 Å². The molecule has 0 fully saturated rings. The summed E-state index contributed by atoms with van der Waals surface area (Å²) >= 11 is 7.43. The smallest absolute Gasteiger partial charge is 0.142 e. The van der Waals surface area contributed by atoms with Crippen LogP contribution in [0.2, 0.25) is 5.02 Å². The summed E-state index contributed by atoms with van der Waals surface area (Å²) in [4.78, 5) is 9.79. The van der Waals surface area contributed by atoms with E-state index in [4.69, 9.17) is 11.6 Å². The summed E-state index contributed by atoms with van der Waals surface area (Å²) in [6, 6.07) is 3.72. The van der Waals surface area contributed by atoms with Gasteiger partial charge in [-0.1, -0.05) is 18.5 Å². The molecule has 0 aliphatic heterocycles. The molecule has 0 aliphatic rings. The third kappa shape index (κ3) is 1.94. The molecule has 2 heterocycles. The number of thiazole rings is 1. The van der Waals surface area contributed by atoms with Crippen LogP contribution in [0, 0.1) is 0 Å². The normalized spacial score (nSPS) is 10.4. The molecular formula is C10H9ClN2S. The first-order chi connectivity index (χ1) is 6.79. The lowest BCUT2D eigenvalue weighted by Gasteiger charge is -1.94. The maximum absolute atomic E-state index is 5.75. The lowest BCUT2D eigenvalue weighted by molar-refractivity contribution is 1.17. The van der Waals surface area contributed by atoms with Crippen molar-refractivity contribution < 1.29 is 0 Å². The zero-order valence-corrected chi connectivity index (χ0v) is 9.27. The minimum Gasteiger partial charge on any atom is -0.252 e. The molecule has 0 bridgehead atoms. The van der Waals surface area contributed by atoms with Gasteiger partial charge in [-0.15, -0.1) is 11.3 Å². The Hall–Kier alpha value is -0.930. The van der Waals surface area contributed by atoms with E-state index >= 15 is 0 Å². The Labute approximate surface area is 91.6 Å². The molecule has 2 nitrogen and oxygen atoms in total. The zero-order chi connectivity index (χ0) is 9.97. The van der Waals surface area contributed by atoms with Crippen LogP contribution < -0.4 is 0 Å². The van der Waals surface area contributed by atoms with E-state index in [1.165, 1.54) is 4.88 Å². The molecule has 0 aromatic carbocycles. The van der Waals surface area contributed by atoms with Crippen molar-refractivity contribution in [3.05, 3.63) is 34.4 Å². The van der Waals surface area contributed by atoms with Gasteiger partial charge >= 0.3 is 0 Å². The van der Waals surface area contributed by atoms with Crippen molar-refractivity contribution in [1.29, 1.82) is 0 Å². The van der Waals surface area contributed by atoms with E-state index in [9.17, 15) is 0 Å². The van der Waals surface area contributed by atoms with Gasteiger partial charge in [0, 0.05) is 17.3 Å². The van der Waals surface area contributed by atoms with Crippen molar-refractivity contribution in [2.75, 3.05) is 0 Å². The Morgan fingerprint density at radius 2 is 2.14 bits per heavy atom. The lowest BCUT2D eigenvalue weighted by Crippen LogP contribution is -1.79. The van der Waals surface area contributed by atoms with Crippen LogP contribution >= 0.6 is 22.9 Å². The van der Waals surface area contributed by atoms with Crippen molar-refractivity contribution in [3.8, 4) is 10.7 Å². The number of halogens is 1. The predicted octanol–water partition coefficient (Wildman–Crippen LogP) is 3.42. The minimum atomic E-state index is 0.654. The van der Waals surface area contributed by atoms with Gasteiger partial charge in [0.15, 0.2) is 0 Å². The van der Waals surface area contributed by atoms with Crippen LogP contribution in [0.5, 0.6) is 0 Å². The van der Waals surface area contributed by atoms with Gasteiger partial charge < -0.3 is 0 Å². The molecule has 0 radical (unpaired) electrons. The fraction of sp³-hybridized carbons (Fsp3) is 0.200. The molecule has 0 saturated carbocycles. The van der Waals surface area contributed by atoms with Gasteiger partial charge in [0.1, 0.15) is 5.01 Å². The van der Waals surface area contributed by atoms with Crippen LogP contribution in [0.4, 0.5) is 0 Å². The highest BCUT2D eigenvalue weighted by molar-refractivity contribution is 7.14. The average Bonchev–Trinajstić information content (AvgIpc) is 2.67. The molecular weight excluding hydrogens is 216 g/mol. The van der Waals surface area contributed by atoms with Gasteiger partial charge in [0.05, 0.1) is 10.7 Å². The van der Waals surface area contributed by atoms with Crippen molar-refractivity contribution in [2.45, 2.75) is 13.3 Å². The van der Waals surface area contributed by atoms with Gasteiger partial charge in [-0.05, 0) is 18.6 Å². The summed E-state index contributed by atoms with van der Waals surface area (Å²) in [6.07, 6.45) is 4.56. The molecule has 72 valence electrons. The SMILES string of the molecule is CCc1cnc(-c2ccc(Cl)cn2)s1. The standard InChI is InChI=1S/C10H9ClN2S/c1-2-8-6-13-10(14-8)9-4-3-7(11)5-12-9/h3-6H,2H2,1H3. The molecule has 14 heavy (non-hydrogen) atoms. The zero-order valence-electron chi connectivity index (χ0n) is 7.70. The quantitative estimate of drug-likeness (QED) is 0.781. The Morgan fingerprint density at radius 1 is 1.29 bits per heavy atom. The van der Waals surface area contributed by atoms with E-state index in [0.29, 0.717) is 5.02 Å². The van der Waals surface area contributed by atoms with Crippen LogP contribution in [0.1, 0.15) is 11.8 Å². The fourth-order valence-corrected chi connectivity index (χ4v) is 2.03. The number of hydrogen-bond acceptors (Lipinski definition) is 3. The Balaban J connectivity index is 2.34. The molecule has 0 aliphatic carbocycles. The van der Waals surface area contributed by atoms with Crippen LogP contribution in [-0.4, -0.2) is 9.97 Å². The topological polar surface area (TPSA) is 25.8 Å². The summed E-state index contributed by atoms with van der Waals surface area (Å²) in [5, 5.41) is 1.61. The summed E-state index contributed by atoms with van der Waals surface area (Å²) in [6.45, 7) is 2.12. The van der Waals surface area contributed by atoms with Crippen LogP contribution in [0.15, 0.2) is 24.5 Å². The van der Waals surface area contributed by atoms with Crippen molar-refractivity contribution in [2.24, 2.45) is 0 Å². The highest BCUT2D eigenvalue weighted by Gasteiger charge is 2.04. The third-order valence-electron chi connectivity index (χ3n) is 1.85. The van der Waals surface area contributed by atoms with Gasteiger partial charge in [-0.25, -0.2) is 4.98 Å². The number of aryl methyl sites for hydroxylation is 1. The number of pyridine rings is 1. The first-order valence-electron chi connectivity index (χ1n) is 4.36. The van der Waals surface area contributed by atoms with Crippen molar-refractivity contribution in [1.82, 2.24) is 9.97 Å². The maximum atomic E-state index is 5.75. The summed E-state index contributed by atoms with van der Waals surface area (Å²) in [5.41, 5.74) is 0.888. The number of nitrogens with zero attached hydrogens (tertiary/aromatic N) is 2. The van der Waals surface area contributed by atoms with Crippen LogP contribution in [0.25, 0.3) is 10.7 Å². The molecule has 2 rings (SSSR count). The Bertz CT molecular complexity index is 422. The van der Waals surface area contributed by atoms with E-state index in [1.807, 2.05) is 18.3 Å². The van der Waals surface area contributed by atoms with E-state index < -0.39 is 0 Å². The number of aromatic nitrogens is 2. The summed E-state index contributed by atoms with van der Waals surface area (Å²) < 4.78 is 0. The fourth-order valence-electron chi connectivity index (χ4n) is 1.09. The first-order valence-corrected chi connectivity index (χ1v) is 5.55. The molecule has 2 aromatic heterocycles. The predicted molar refractivity (Wildman–Crippen MR) is 59.7 cm³/mol. The van der Waals surface area contributed by atoms with Crippen molar-refractivity contribution >= 4 is 22.9 Å². The molecule has 0 atom stereocenters. The summed E-state index contributed by atoms with van der Waals surface area (Å²) in [7, 11) is 0. The molecule has 0 saturated heterocycles. The Kier molecular flexibility index (Phi) is 2.79. The lowest BCUT2D eigenvalue weighted by atomic mass is 10.4. The van der Waals surface area contributed by atoms with E-state index in [-0.39, 0.29) is 0 Å². The monoisotopic (exact) mass is 224 g/mol. The van der Waals surface area contributed by atoms with Gasteiger partial charge in [0.25, 0.3) is 0 Å². The number of hydrogen-bond donors (Lipinski definition) is 0. The average molecular weight is 225 g/mol. The van der Waals surface area contributed by atoms with Gasteiger partial charge in [-0.3, -0.25) is 4.98 Å². The molecule has 0 spiro atoms.